The number of piperidine rings is 1. The molecule has 1 aromatic rings. The van der Waals surface area contributed by atoms with Crippen molar-refractivity contribution in [3.05, 3.63) is 29.8 Å². The van der Waals surface area contributed by atoms with E-state index in [0.29, 0.717) is 18.6 Å². The highest BCUT2D eigenvalue weighted by Crippen LogP contribution is 2.25. The number of hydrogen-bond donors (Lipinski definition) is 3. The first-order valence-corrected chi connectivity index (χ1v) is 11.7. The number of rotatable bonds is 6. The van der Waals surface area contributed by atoms with Crippen molar-refractivity contribution in [3.8, 4) is 0 Å². The van der Waals surface area contributed by atoms with Gasteiger partial charge in [-0.3, -0.25) is 9.79 Å². The Morgan fingerprint density at radius 2 is 1.87 bits per heavy atom. The molecule has 3 N–H and O–H groups in total. The summed E-state index contributed by atoms with van der Waals surface area (Å²) in [6.45, 7) is 7.47. The minimum Gasteiger partial charge on any atom is -0.354 e. The standard InChI is InChI=1S/C24H39N5O/c1-18(2)29-14-12-21(13-15-29)28-24(25-3)26-17-19-8-7-11-22(16-19)27-23(30)20-9-5-4-6-10-20/h7-8,11,16,18,20-21H,4-6,9-10,12-15,17H2,1-3H3,(H,27,30)(H2,25,26,28). The van der Waals surface area contributed by atoms with Gasteiger partial charge in [0.25, 0.3) is 0 Å². The molecule has 1 amide bonds. The monoisotopic (exact) mass is 413 g/mol. The minimum atomic E-state index is 0.171. The number of amides is 1. The Morgan fingerprint density at radius 3 is 2.53 bits per heavy atom. The second kappa shape index (κ2) is 11.3. The summed E-state index contributed by atoms with van der Waals surface area (Å²) in [5.74, 6) is 1.19. The van der Waals surface area contributed by atoms with Crippen LogP contribution in [0.3, 0.4) is 0 Å². The molecule has 0 aromatic heterocycles. The van der Waals surface area contributed by atoms with Crippen LogP contribution in [0.25, 0.3) is 0 Å². The maximum atomic E-state index is 12.5. The second-order valence-electron chi connectivity index (χ2n) is 9.00. The van der Waals surface area contributed by atoms with Crippen molar-refractivity contribution in [3.63, 3.8) is 0 Å². The Hall–Kier alpha value is -2.08. The number of likely N-dealkylation sites (tertiary alicyclic amines) is 1. The largest absolute Gasteiger partial charge is 0.354 e. The topological polar surface area (TPSA) is 68.8 Å². The first-order chi connectivity index (χ1) is 14.5. The molecule has 6 nitrogen and oxygen atoms in total. The van der Waals surface area contributed by atoms with Crippen LogP contribution in [-0.2, 0) is 11.3 Å². The maximum absolute atomic E-state index is 12.5. The molecule has 6 heteroatoms. The number of anilines is 1. The lowest BCUT2D eigenvalue weighted by Crippen LogP contribution is -2.49. The lowest BCUT2D eigenvalue weighted by atomic mass is 9.88. The number of carbonyl (C=O) groups excluding carboxylic acids is 1. The number of nitrogens with one attached hydrogen (secondary N) is 3. The van der Waals surface area contributed by atoms with Crippen LogP contribution in [0.5, 0.6) is 0 Å². The molecule has 1 saturated heterocycles. The van der Waals surface area contributed by atoms with Crippen molar-refractivity contribution in [1.82, 2.24) is 15.5 Å². The molecule has 166 valence electrons. The van der Waals surface area contributed by atoms with E-state index in [4.69, 9.17) is 0 Å². The van der Waals surface area contributed by atoms with Crippen LogP contribution in [0.4, 0.5) is 5.69 Å². The Labute approximate surface area is 181 Å². The van der Waals surface area contributed by atoms with E-state index in [1.54, 1.807) is 0 Å². The fraction of sp³-hybridized carbons (Fsp3) is 0.667. The fourth-order valence-electron chi connectivity index (χ4n) is 4.50. The molecule has 0 spiro atoms. The van der Waals surface area contributed by atoms with Crippen molar-refractivity contribution >= 4 is 17.6 Å². The predicted molar refractivity (Wildman–Crippen MR) is 125 cm³/mol. The molecule has 2 fully saturated rings. The van der Waals surface area contributed by atoms with Crippen LogP contribution < -0.4 is 16.0 Å². The first kappa shape index (κ1) is 22.6. The van der Waals surface area contributed by atoms with Crippen molar-refractivity contribution < 1.29 is 4.79 Å². The van der Waals surface area contributed by atoms with Crippen molar-refractivity contribution in [1.29, 1.82) is 0 Å². The highest BCUT2D eigenvalue weighted by molar-refractivity contribution is 5.92. The third kappa shape index (κ3) is 6.73. The average molecular weight is 414 g/mol. The molecule has 30 heavy (non-hydrogen) atoms. The zero-order chi connectivity index (χ0) is 21.3. The van der Waals surface area contributed by atoms with Gasteiger partial charge < -0.3 is 20.9 Å². The number of hydrogen-bond acceptors (Lipinski definition) is 3. The predicted octanol–water partition coefficient (Wildman–Crippen LogP) is 3.74. The molecular formula is C24H39N5O. The summed E-state index contributed by atoms with van der Waals surface area (Å²) in [6.07, 6.45) is 7.92. The normalized spacial score (nSPS) is 19.7. The molecule has 1 saturated carbocycles. The molecule has 0 unspecified atom stereocenters. The van der Waals surface area contributed by atoms with Crippen molar-refractivity contribution in [2.75, 3.05) is 25.5 Å². The Morgan fingerprint density at radius 1 is 1.13 bits per heavy atom. The zero-order valence-corrected chi connectivity index (χ0v) is 18.9. The van der Waals surface area contributed by atoms with E-state index in [1.807, 2.05) is 19.2 Å². The number of benzene rings is 1. The van der Waals surface area contributed by atoms with Gasteiger partial charge in [-0.1, -0.05) is 31.4 Å². The van der Waals surface area contributed by atoms with Gasteiger partial charge in [-0.05, 0) is 57.2 Å². The second-order valence-corrected chi connectivity index (χ2v) is 9.00. The lowest BCUT2D eigenvalue weighted by Gasteiger charge is -2.35. The molecule has 1 aliphatic carbocycles. The van der Waals surface area contributed by atoms with Gasteiger partial charge in [0.05, 0.1) is 0 Å². The van der Waals surface area contributed by atoms with Gasteiger partial charge in [0.15, 0.2) is 5.96 Å². The Kier molecular flexibility index (Phi) is 8.55. The molecule has 1 aromatic carbocycles. The van der Waals surface area contributed by atoms with E-state index >= 15 is 0 Å². The first-order valence-electron chi connectivity index (χ1n) is 11.7. The Bertz CT molecular complexity index is 703. The summed E-state index contributed by atoms with van der Waals surface area (Å²) in [4.78, 5) is 19.4. The van der Waals surface area contributed by atoms with Gasteiger partial charge in [-0.2, -0.15) is 0 Å². The molecule has 2 aliphatic rings. The highest BCUT2D eigenvalue weighted by atomic mass is 16.1. The van der Waals surface area contributed by atoms with Gasteiger partial charge in [0.2, 0.25) is 5.91 Å². The number of nitrogens with zero attached hydrogens (tertiary/aromatic N) is 2. The van der Waals surface area contributed by atoms with E-state index < -0.39 is 0 Å². The van der Waals surface area contributed by atoms with Crippen LogP contribution in [0.1, 0.15) is 64.4 Å². The molecule has 0 radical (unpaired) electrons. The summed E-state index contributed by atoms with van der Waals surface area (Å²) in [5, 5.41) is 10.1. The van der Waals surface area contributed by atoms with E-state index in [1.165, 1.54) is 19.3 Å². The summed E-state index contributed by atoms with van der Waals surface area (Å²) < 4.78 is 0. The number of guanidine groups is 1. The van der Waals surface area contributed by atoms with E-state index in [0.717, 1.165) is 56.0 Å². The van der Waals surface area contributed by atoms with E-state index in [9.17, 15) is 4.79 Å². The molecule has 1 heterocycles. The molecular weight excluding hydrogens is 374 g/mol. The fourth-order valence-corrected chi connectivity index (χ4v) is 4.50. The maximum Gasteiger partial charge on any atom is 0.227 e. The van der Waals surface area contributed by atoms with Crippen LogP contribution in [0.15, 0.2) is 29.3 Å². The SMILES string of the molecule is CN=C(NCc1cccc(NC(=O)C2CCCCC2)c1)NC1CCN(C(C)C)CC1. The molecule has 0 atom stereocenters. The van der Waals surface area contributed by atoms with Crippen molar-refractivity contribution in [2.24, 2.45) is 10.9 Å². The van der Waals surface area contributed by atoms with Crippen molar-refractivity contribution in [2.45, 2.75) is 77.4 Å². The number of aliphatic imine (C=N–C) groups is 1. The number of carbonyl (C=O) groups is 1. The van der Waals surface area contributed by atoms with Crippen LogP contribution >= 0.6 is 0 Å². The van der Waals surface area contributed by atoms with Crippen LogP contribution in [0.2, 0.25) is 0 Å². The third-order valence-electron chi connectivity index (χ3n) is 6.45. The Balaban J connectivity index is 1.46. The van der Waals surface area contributed by atoms with Crippen LogP contribution in [-0.4, -0.2) is 49.0 Å². The molecule has 3 rings (SSSR count). The van der Waals surface area contributed by atoms with E-state index in [-0.39, 0.29) is 11.8 Å². The summed E-state index contributed by atoms with van der Waals surface area (Å²) in [6, 6.07) is 9.20. The highest BCUT2D eigenvalue weighted by Gasteiger charge is 2.22. The van der Waals surface area contributed by atoms with Crippen LogP contribution in [0, 0.1) is 5.92 Å². The lowest BCUT2D eigenvalue weighted by molar-refractivity contribution is -0.120. The average Bonchev–Trinajstić information content (AvgIpc) is 2.77. The summed E-state index contributed by atoms with van der Waals surface area (Å²) in [5.41, 5.74) is 2.02. The quantitative estimate of drug-likeness (QED) is 0.491. The smallest absolute Gasteiger partial charge is 0.227 e. The molecule has 1 aliphatic heterocycles. The van der Waals surface area contributed by atoms with Gasteiger partial charge in [0.1, 0.15) is 0 Å². The summed E-state index contributed by atoms with van der Waals surface area (Å²) in [7, 11) is 1.82. The molecule has 0 bridgehead atoms. The zero-order valence-electron chi connectivity index (χ0n) is 18.9. The van der Waals surface area contributed by atoms with E-state index in [2.05, 4.69) is 51.8 Å². The van der Waals surface area contributed by atoms with Gasteiger partial charge >= 0.3 is 0 Å². The van der Waals surface area contributed by atoms with Gasteiger partial charge in [0, 0.05) is 50.4 Å². The third-order valence-corrected chi connectivity index (χ3v) is 6.45. The van der Waals surface area contributed by atoms with Gasteiger partial charge in [-0.15, -0.1) is 0 Å². The summed E-state index contributed by atoms with van der Waals surface area (Å²) >= 11 is 0. The van der Waals surface area contributed by atoms with Gasteiger partial charge in [-0.25, -0.2) is 0 Å². The minimum absolute atomic E-state index is 0.171.